The van der Waals surface area contributed by atoms with E-state index >= 15 is 0 Å². The van der Waals surface area contributed by atoms with Crippen molar-refractivity contribution >= 4 is 0 Å². The van der Waals surface area contributed by atoms with Gasteiger partial charge in [0.05, 0.1) is 24.9 Å². The molecule has 106 valence electrons. The standard InChI is InChI=1S/C14H26O4/c1-12(2,9-15)10-6-7-14(5,18-10)11-8-16-13(3,4)17-11/h10-11,15H,6-9H2,1-5H3/t10-,11-,14-/m0/s1. The third-order valence-electron chi connectivity index (χ3n) is 4.28. The number of hydrogen-bond acceptors (Lipinski definition) is 4. The second-order valence-corrected chi connectivity index (χ2v) is 6.92. The molecule has 4 nitrogen and oxygen atoms in total. The predicted molar refractivity (Wildman–Crippen MR) is 68.3 cm³/mol. The quantitative estimate of drug-likeness (QED) is 0.842. The predicted octanol–water partition coefficient (Wildman–Crippen LogP) is 2.09. The summed E-state index contributed by atoms with van der Waals surface area (Å²) >= 11 is 0. The van der Waals surface area contributed by atoms with E-state index in [1.54, 1.807) is 0 Å². The summed E-state index contributed by atoms with van der Waals surface area (Å²) in [5.41, 5.74) is -0.502. The summed E-state index contributed by atoms with van der Waals surface area (Å²) < 4.78 is 17.8. The lowest BCUT2D eigenvalue weighted by Crippen LogP contribution is -2.44. The molecule has 2 heterocycles. The van der Waals surface area contributed by atoms with Gasteiger partial charge in [-0.25, -0.2) is 0 Å². The molecule has 2 aliphatic heterocycles. The second kappa shape index (κ2) is 4.44. The summed E-state index contributed by atoms with van der Waals surface area (Å²) in [7, 11) is 0. The van der Waals surface area contributed by atoms with Crippen LogP contribution in [0.4, 0.5) is 0 Å². The SMILES string of the molecule is CC1(C)OC[C@@H]([C@]2(C)CC[C@@H](C(C)(C)CO)O2)O1. The second-order valence-electron chi connectivity index (χ2n) is 6.92. The summed E-state index contributed by atoms with van der Waals surface area (Å²) in [6.07, 6.45) is 1.97. The Labute approximate surface area is 110 Å². The third kappa shape index (κ3) is 2.57. The van der Waals surface area contributed by atoms with E-state index in [-0.39, 0.29) is 29.8 Å². The van der Waals surface area contributed by atoms with E-state index in [1.807, 2.05) is 27.7 Å². The molecule has 1 N–H and O–H groups in total. The van der Waals surface area contributed by atoms with Crippen LogP contribution in [0.25, 0.3) is 0 Å². The number of aliphatic hydroxyl groups is 1. The minimum Gasteiger partial charge on any atom is -0.396 e. The lowest BCUT2D eigenvalue weighted by Gasteiger charge is -2.35. The monoisotopic (exact) mass is 258 g/mol. The van der Waals surface area contributed by atoms with Crippen LogP contribution in [0.5, 0.6) is 0 Å². The van der Waals surface area contributed by atoms with Gasteiger partial charge < -0.3 is 19.3 Å². The first-order valence-corrected chi connectivity index (χ1v) is 6.79. The van der Waals surface area contributed by atoms with Gasteiger partial charge in [-0.2, -0.15) is 0 Å². The fourth-order valence-corrected chi connectivity index (χ4v) is 2.74. The molecule has 0 spiro atoms. The van der Waals surface area contributed by atoms with Gasteiger partial charge in [0.1, 0.15) is 6.10 Å². The summed E-state index contributed by atoms with van der Waals surface area (Å²) in [6, 6.07) is 0. The van der Waals surface area contributed by atoms with Crippen LogP contribution in [0, 0.1) is 5.41 Å². The lowest BCUT2D eigenvalue weighted by atomic mass is 9.85. The first-order valence-electron chi connectivity index (χ1n) is 6.79. The van der Waals surface area contributed by atoms with Gasteiger partial charge in [-0.3, -0.25) is 0 Å². The van der Waals surface area contributed by atoms with Crippen LogP contribution >= 0.6 is 0 Å². The molecule has 0 saturated carbocycles. The van der Waals surface area contributed by atoms with Gasteiger partial charge in [-0.1, -0.05) is 13.8 Å². The van der Waals surface area contributed by atoms with E-state index in [2.05, 4.69) is 6.92 Å². The Morgan fingerprint density at radius 2 is 1.89 bits per heavy atom. The third-order valence-corrected chi connectivity index (χ3v) is 4.28. The largest absolute Gasteiger partial charge is 0.396 e. The van der Waals surface area contributed by atoms with Crippen molar-refractivity contribution in [3.05, 3.63) is 0 Å². The molecule has 2 fully saturated rings. The molecule has 0 aliphatic carbocycles. The Hall–Kier alpha value is -0.160. The van der Waals surface area contributed by atoms with E-state index in [0.717, 1.165) is 12.8 Å². The highest BCUT2D eigenvalue weighted by Crippen LogP contribution is 2.43. The molecule has 2 aliphatic rings. The van der Waals surface area contributed by atoms with Crippen LogP contribution in [0.1, 0.15) is 47.5 Å². The lowest BCUT2D eigenvalue weighted by molar-refractivity contribution is -0.184. The summed E-state index contributed by atoms with van der Waals surface area (Å²) in [6.45, 7) is 10.8. The molecular weight excluding hydrogens is 232 g/mol. The fourth-order valence-electron chi connectivity index (χ4n) is 2.74. The van der Waals surface area contributed by atoms with Crippen LogP contribution in [-0.2, 0) is 14.2 Å². The van der Waals surface area contributed by atoms with E-state index in [0.29, 0.717) is 6.61 Å². The molecular formula is C14H26O4. The van der Waals surface area contributed by atoms with Gasteiger partial charge in [-0.05, 0) is 33.6 Å². The molecule has 0 aromatic heterocycles. The minimum absolute atomic E-state index is 0.0213. The van der Waals surface area contributed by atoms with Crippen molar-refractivity contribution in [2.45, 2.75) is 71.1 Å². The Morgan fingerprint density at radius 3 is 2.39 bits per heavy atom. The highest BCUT2D eigenvalue weighted by molar-refractivity contribution is 4.98. The summed E-state index contributed by atoms with van der Waals surface area (Å²) in [5.74, 6) is -0.512. The van der Waals surface area contributed by atoms with Crippen molar-refractivity contribution in [1.82, 2.24) is 0 Å². The zero-order valence-electron chi connectivity index (χ0n) is 12.2. The maximum absolute atomic E-state index is 9.44. The molecule has 0 aromatic rings. The van der Waals surface area contributed by atoms with Gasteiger partial charge in [0.15, 0.2) is 5.79 Å². The number of hydrogen-bond donors (Lipinski definition) is 1. The Morgan fingerprint density at radius 1 is 1.22 bits per heavy atom. The average Bonchev–Trinajstić information content (AvgIpc) is 2.83. The molecule has 0 aromatic carbocycles. The van der Waals surface area contributed by atoms with Gasteiger partial charge in [0, 0.05) is 5.41 Å². The minimum atomic E-state index is -0.512. The van der Waals surface area contributed by atoms with E-state index < -0.39 is 5.79 Å². The topological polar surface area (TPSA) is 47.9 Å². The van der Waals surface area contributed by atoms with Crippen LogP contribution in [0.2, 0.25) is 0 Å². The Balaban J connectivity index is 2.03. The highest BCUT2D eigenvalue weighted by Gasteiger charge is 2.51. The molecule has 18 heavy (non-hydrogen) atoms. The van der Waals surface area contributed by atoms with Gasteiger partial charge in [0.2, 0.25) is 0 Å². The number of rotatable bonds is 3. The van der Waals surface area contributed by atoms with E-state index in [4.69, 9.17) is 14.2 Å². The van der Waals surface area contributed by atoms with Gasteiger partial charge >= 0.3 is 0 Å². The van der Waals surface area contributed by atoms with Crippen molar-refractivity contribution in [2.24, 2.45) is 5.41 Å². The van der Waals surface area contributed by atoms with Crippen molar-refractivity contribution in [2.75, 3.05) is 13.2 Å². The maximum atomic E-state index is 9.44. The molecule has 2 rings (SSSR count). The smallest absolute Gasteiger partial charge is 0.163 e. The summed E-state index contributed by atoms with van der Waals surface area (Å²) in [4.78, 5) is 0. The highest BCUT2D eigenvalue weighted by atomic mass is 16.8. The molecule has 0 unspecified atom stereocenters. The average molecular weight is 258 g/mol. The van der Waals surface area contributed by atoms with Crippen LogP contribution in [-0.4, -0.2) is 41.9 Å². The van der Waals surface area contributed by atoms with E-state index in [9.17, 15) is 5.11 Å². The Bertz CT molecular complexity index is 313. The molecule has 2 saturated heterocycles. The molecule has 0 bridgehead atoms. The Kier molecular flexibility index (Phi) is 3.52. The zero-order valence-corrected chi connectivity index (χ0v) is 12.2. The first kappa shape index (κ1) is 14.3. The molecule has 4 heteroatoms. The molecule has 3 atom stereocenters. The fraction of sp³-hybridized carbons (Fsp3) is 1.00. The van der Waals surface area contributed by atoms with Crippen molar-refractivity contribution in [3.63, 3.8) is 0 Å². The zero-order chi connectivity index (χ0) is 13.6. The van der Waals surface area contributed by atoms with Crippen LogP contribution in [0.3, 0.4) is 0 Å². The molecule has 0 radical (unpaired) electrons. The molecule has 0 amide bonds. The summed E-state index contributed by atoms with van der Waals surface area (Å²) in [5, 5.41) is 9.44. The van der Waals surface area contributed by atoms with Crippen LogP contribution in [0.15, 0.2) is 0 Å². The van der Waals surface area contributed by atoms with Crippen molar-refractivity contribution < 1.29 is 19.3 Å². The first-order chi connectivity index (χ1) is 8.19. The maximum Gasteiger partial charge on any atom is 0.163 e. The number of aliphatic hydroxyl groups excluding tert-OH is 1. The van der Waals surface area contributed by atoms with Crippen LogP contribution < -0.4 is 0 Å². The number of ether oxygens (including phenoxy) is 3. The van der Waals surface area contributed by atoms with Gasteiger partial charge in [-0.15, -0.1) is 0 Å². The van der Waals surface area contributed by atoms with Crippen molar-refractivity contribution in [1.29, 1.82) is 0 Å². The van der Waals surface area contributed by atoms with E-state index in [1.165, 1.54) is 0 Å². The normalized spacial score (nSPS) is 40.3. The van der Waals surface area contributed by atoms with Gasteiger partial charge in [0.25, 0.3) is 0 Å². The van der Waals surface area contributed by atoms with Crippen molar-refractivity contribution in [3.8, 4) is 0 Å².